The van der Waals surface area contributed by atoms with E-state index in [1.807, 2.05) is 0 Å². The summed E-state index contributed by atoms with van der Waals surface area (Å²) in [6, 6.07) is 8.40. The van der Waals surface area contributed by atoms with Crippen LogP contribution in [0.2, 0.25) is 0 Å². The minimum Gasteiger partial charge on any atom is -0.389 e. The predicted octanol–water partition coefficient (Wildman–Crippen LogP) is 3.35. The largest absolute Gasteiger partial charge is 0.416 e. The molecule has 0 atom stereocenters. The van der Waals surface area contributed by atoms with E-state index in [9.17, 15) is 13.2 Å². The van der Waals surface area contributed by atoms with E-state index in [0.29, 0.717) is 17.9 Å². The van der Waals surface area contributed by atoms with Crippen LogP contribution in [-0.4, -0.2) is 9.97 Å². The molecule has 21 heavy (non-hydrogen) atoms. The van der Waals surface area contributed by atoms with Gasteiger partial charge in [0.05, 0.1) is 5.56 Å². The Morgan fingerprint density at radius 3 is 2.29 bits per heavy atom. The van der Waals surface area contributed by atoms with E-state index in [1.54, 1.807) is 12.1 Å². The average Bonchev–Trinajstić information content (AvgIpc) is 2.45. The lowest BCUT2D eigenvalue weighted by Crippen LogP contribution is -2.10. The zero-order valence-corrected chi connectivity index (χ0v) is 11.6. The van der Waals surface area contributed by atoms with E-state index in [0.717, 1.165) is 17.7 Å². The van der Waals surface area contributed by atoms with Gasteiger partial charge >= 0.3 is 6.18 Å². The number of pyridine rings is 1. The molecule has 0 radical (unpaired) electrons. The first kappa shape index (κ1) is 15.2. The number of rotatable bonds is 4. The number of nitrogens with zero attached hydrogens (tertiary/aromatic N) is 1. The molecule has 0 aliphatic carbocycles. The van der Waals surface area contributed by atoms with Crippen molar-refractivity contribution in [2.75, 3.05) is 5.32 Å². The highest BCUT2D eigenvalue weighted by Crippen LogP contribution is 2.29. The molecule has 0 aliphatic rings. The van der Waals surface area contributed by atoms with Gasteiger partial charge in [0.25, 0.3) is 0 Å². The Kier molecular flexibility index (Phi) is 4.42. The third-order valence-corrected chi connectivity index (χ3v) is 3.04. The lowest BCUT2D eigenvalue weighted by atomic mass is 10.1. The molecule has 0 unspecified atom stereocenters. The van der Waals surface area contributed by atoms with Crippen molar-refractivity contribution >= 4 is 23.0 Å². The molecule has 0 saturated carbocycles. The van der Waals surface area contributed by atoms with E-state index in [4.69, 9.17) is 18.0 Å². The summed E-state index contributed by atoms with van der Waals surface area (Å²) in [6.07, 6.45) is -2.78. The lowest BCUT2D eigenvalue weighted by molar-refractivity contribution is -0.137. The van der Waals surface area contributed by atoms with E-state index >= 15 is 0 Å². The summed E-state index contributed by atoms with van der Waals surface area (Å²) in [7, 11) is 0. The van der Waals surface area contributed by atoms with Crippen LogP contribution in [0.15, 0.2) is 42.6 Å². The summed E-state index contributed by atoms with van der Waals surface area (Å²) in [4.78, 5) is 4.37. The van der Waals surface area contributed by atoms with Gasteiger partial charge in [-0.15, -0.1) is 0 Å². The lowest BCUT2D eigenvalue weighted by Gasteiger charge is -2.09. The van der Waals surface area contributed by atoms with Crippen LogP contribution in [0.25, 0.3) is 0 Å². The predicted molar refractivity (Wildman–Crippen MR) is 78.9 cm³/mol. The van der Waals surface area contributed by atoms with Crippen molar-refractivity contribution in [3.05, 3.63) is 59.3 Å². The Morgan fingerprint density at radius 2 is 1.81 bits per heavy atom. The molecule has 0 amide bonds. The van der Waals surface area contributed by atoms with Crippen molar-refractivity contribution in [3.63, 3.8) is 0 Å². The van der Waals surface area contributed by atoms with Crippen LogP contribution in [0.4, 0.5) is 19.0 Å². The van der Waals surface area contributed by atoms with Gasteiger partial charge in [0.2, 0.25) is 0 Å². The Morgan fingerprint density at radius 1 is 1.14 bits per heavy atom. The second-order valence-electron chi connectivity index (χ2n) is 4.34. The number of hydrogen-bond donors (Lipinski definition) is 2. The van der Waals surface area contributed by atoms with Crippen molar-refractivity contribution < 1.29 is 13.2 Å². The van der Waals surface area contributed by atoms with Crippen LogP contribution < -0.4 is 11.1 Å². The van der Waals surface area contributed by atoms with Crippen molar-refractivity contribution in [1.29, 1.82) is 0 Å². The Balaban J connectivity index is 1.98. The van der Waals surface area contributed by atoms with Gasteiger partial charge in [0.1, 0.15) is 10.8 Å². The zero-order valence-electron chi connectivity index (χ0n) is 10.8. The molecule has 2 aromatic rings. The molecule has 2 rings (SSSR count). The van der Waals surface area contributed by atoms with Gasteiger partial charge in [-0.2, -0.15) is 13.2 Å². The summed E-state index contributed by atoms with van der Waals surface area (Å²) in [5, 5.41) is 3.01. The number of aromatic nitrogens is 1. The SMILES string of the molecule is NC(=S)c1ccc(NCc2ccc(C(F)(F)F)cc2)nc1. The first-order valence-electron chi connectivity index (χ1n) is 6.02. The summed E-state index contributed by atoms with van der Waals surface area (Å²) in [6.45, 7) is 0.373. The fourth-order valence-corrected chi connectivity index (χ4v) is 1.77. The maximum Gasteiger partial charge on any atom is 0.416 e. The van der Waals surface area contributed by atoms with E-state index < -0.39 is 11.7 Å². The number of thiocarbonyl (C=S) groups is 1. The van der Waals surface area contributed by atoms with Gasteiger partial charge in [-0.3, -0.25) is 0 Å². The van der Waals surface area contributed by atoms with Crippen LogP contribution in [0, 0.1) is 0 Å². The van der Waals surface area contributed by atoms with Crippen molar-refractivity contribution in [2.24, 2.45) is 5.73 Å². The normalized spacial score (nSPS) is 11.2. The quantitative estimate of drug-likeness (QED) is 0.850. The minimum absolute atomic E-state index is 0.261. The Bertz CT molecular complexity index is 621. The number of alkyl halides is 3. The maximum absolute atomic E-state index is 12.4. The van der Waals surface area contributed by atoms with Gasteiger partial charge in [0, 0.05) is 18.3 Å². The second-order valence-corrected chi connectivity index (χ2v) is 4.78. The van der Waals surface area contributed by atoms with Crippen LogP contribution >= 0.6 is 12.2 Å². The van der Waals surface area contributed by atoms with Gasteiger partial charge < -0.3 is 11.1 Å². The molecule has 3 N–H and O–H groups in total. The standard InChI is InChI=1S/C14H12F3N3S/c15-14(16,17)11-4-1-9(2-5-11)7-19-12-6-3-10(8-20-12)13(18)21/h1-6,8H,7H2,(H2,18,21)(H,19,20). The summed E-state index contributed by atoms with van der Waals surface area (Å²) < 4.78 is 37.3. The number of anilines is 1. The fourth-order valence-electron chi connectivity index (χ4n) is 1.65. The van der Waals surface area contributed by atoms with Crippen molar-refractivity contribution in [3.8, 4) is 0 Å². The highest BCUT2D eigenvalue weighted by Gasteiger charge is 2.29. The molecule has 7 heteroatoms. The van der Waals surface area contributed by atoms with E-state index in [-0.39, 0.29) is 4.99 Å². The summed E-state index contributed by atoms with van der Waals surface area (Å²) >= 11 is 4.81. The first-order chi connectivity index (χ1) is 9.86. The smallest absolute Gasteiger partial charge is 0.389 e. The van der Waals surface area contributed by atoms with Gasteiger partial charge in [-0.25, -0.2) is 4.98 Å². The third-order valence-electron chi connectivity index (χ3n) is 2.80. The van der Waals surface area contributed by atoms with E-state index in [1.165, 1.54) is 18.3 Å². The number of halogens is 3. The van der Waals surface area contributed by atoms with Crippen LogP contribution in [0.5, 0.6) is 0 Å². The van der Waals surface area contributed by atoms with Crippen LogP contribution in [0.3, 0.4) is 0 Å². The highest BCUT2D eigenvalue weighted by atomic mass is 32.1. The summed E-state index contributed by atoms with van der Waals surface area (Å²) in [5.74, 6) is 0.592. The molecule has 3 nitrogen and oxygen atoms in total. The second kappa shape index (κ2) is 6.09. The van der Waals surface area contributed by atoms with Crippen LogP contribution in [-0.2, 0) is 12.7 Å². The molecule has 0 aliphatic heterocycles. The fraction of sp³-hybridized carbons (Fsp3) is 0.143. The minimum atomic E-state index is -4.32. The summed E-state index contributed by atoms with van der Waals surface area (Å²) in [5.41, 5.74) is 6.18. The molecule has 0 fully saturated rings. The van der Waals surface area contributed by atoms with Crippen molar-refractivity contribution in [2.45, 2.75) is 12.7 Å². The van der Waals surface area contributed by atoms with Gasteiger partial charge in [-0.05, 0) is 29.8 Å². The molecular formula is C14H12F3N3S. The molecule has 1 aromatic carbocycles. The Hall–Kier alpha value is -2.15. The first-order valence-corrected chi connectivity index (χ1v) is 6.43. The molecule has 110 valence electrons. The molecule has 1 heterocycles. The molecule has 0 bridgehead atoms. The molecule has 0 spiro atoms. The third kappa shape index (κ3) is 4.16. The Labute approximate surface area is 125 Å². The van der Waals surface area contributed by atoms with Crippen LogP contribution in [0.1, 0.15) is 16.7 Å². The maximum atomic E-state index is 12.4. The van der Waals surface area contributed by atoms with E-state index in [2.05, 4.69) is 10.3 Å². The number of hydrogen-bond acceptors (Lipinski definition) is 3. The zero-order chi connectivity index (χ0) is 15.5. The topological polar surface area (TPSA) is 50.9 Å². The monoisotopic (exact) mass is 311 g/mol. The molecule has 0 saturated heterocycles. The number of nitrogens with one attached hydrogen (secondary N) is 1. The average molecular weight is 311 g/mol. The highest BCUT2D eigenvalue weighted by molar-refractivity contribution is 7.80. The number of benzene rings is 1. The van der Waals surface area contributed by atoms with Gasteiger partial charge in [-0.1, -0.05) is 24.4 Å². The molecule has 1 aromatic heterocycles. The van der Waals surface area contributed by atoms with Crippen molar-refractivity contribution in [1.82, 2.24) is 4.98 Å². The number of nitrogens with two attached hydrogens (primary N) is 1. The van der Waals surface area contributed by atoms with Gasteiger partial charge in [0.15, 0.2) is 0 Å². The molecular weight excluding hydrogens is 299 g/mol.